The van der Waals surface area contributed by atoms with E-state index in [9.17, 15) is 0 Å². The summed E-state index contributed by atoms with van der Waals surface area (Å²) in [5.74, 6) is 0.907. The van der Waals surface area contributed by atoms with Crippen LogP contribution in [0.15, 0.2) is 60.7 Å². The number of aryl methyl sites for hydroxylation is 1. The zero-order valence-corrected chi connectivity index (χ0v) is 13.8. The van der Waals surface area contributed by atoms with Gasteiger partial charge in [-0.1, -0.05) is 80.1 Å². The standard InChI is InChI=1S/C22H22O/c1-3-7-17-8-6-9-18(16-17)12-14-21-20-11-5-4-10-19(20)13-15-22(21)23-2/h4-6,8-16H,3,7H2,1-2H3. The molecular formula is C22H22O. The number of hydrogen-bond acceptors (Lipinski definition) is 1. The van der Waals surface area contributed by atoms with Crippen LogP contribution in [0.4, 0.5) is 0 Å². The van der Waals surface area contributed by atoms with Gasteiger partial charge in [-0.05, 0) is 34.4 Å². The van der Waals surface area contributed by atoms with Crippen LogP contribution in [-0.2, 0) is 6.42 Å². The van der Waals surface area contributed by atoms with Crippen molar-refractivity contribution in [1.29, 1.82) is 0 Å². The predicted octanol–water partition coefficient (Wildman–Crippen LogP) is 5.97. The molecule has 0 fully saturated rings. The Morgan fingerprint density at radius 1 is 0.913 bits per heavy atom. The first kappa shape index (κ1) is 15.4. The van der Waals surface area contributed by atoms with E-state index in [4.69, 9.17) is 4.74 Å². The molecule has 0 radical (unpaired) electrons. The molecule has 0 N–H and O–H groups in total. The third-order valence-corrected chi connectivity index (χ3v) is 4.08. The predicted molar refractivity (Wildman–Crippen MR) is 99.9 cm³/mol. The zero-order chi connectivity index (χ0) is 16.1. The van der Waals surface area contributed by atoms with Gasteiger partial charge in [-0.2, -0.15) is 0 Å². The average Bonchev–Trinajstić information content (AvgIpc) is 2.60. The Labute approximate surface area is 138 Å². The van der Waals surface area contributed by atoms with E-state index >= 15 is 0 Å². The Morgan fingerprint density at radius 2 is 1.78 bits per heavy atom. The summed E-state index contributed by atoms with van der Waals surface area (Å²) in [6, 6.07) is 21.3. The summed E-state index contributed by atoms with van der Waals surface area (Å²) in [6.07, 6.45) is 6.62. The fraction of sp³-hybridized carbons (Fsp3) is 0.182. The Morgan fingerprint density at radius 3 is 2.61 bits per heavy atom. The highest BCUT2D eigenvalue weighted by Crippen LogP contribution is 2.29. The van der Waals surface area contributed by atoms with E-state index in [1.54, 1.807) is 7.11 Å². The molecule has 0 aliphatic carbocycles. The Balaban J connectivity index is 2.01. The molecule has 0 unspecified atom stereocenters. The van der Waals surface area contributed by atoms with E-state index in [0.717, 1.165) is 17.7 Å². The Bertz CT molecular complexity index is 830. The highest BCUT2D eigenvalue weighted by molar-refractivity contribution is 5.95. The number of hydrogen-bond donors (Lipinski definition) is 0. The fourth-order valence-electron chi connectivity index (χ4n) is 2.95. The summed E-state index contributed by atoms with van der Waals surface area (Å²) >= 11 is 0. The molecule has 1 heteroatoms. The molecule has 23 heavy (non-hydrogen) atoms. The van der Waals surface area contributed by atoms with Crippen LogP contribution in [0.5, 0.6) is 5.75 Å². The third-order valence-electron chi connectivity index (χ3n) is 4.08. The van der Waals surface area contributed by atoms with Gasteiger partial charge in [0, 0.05) is 5.56 Å². The highest BCUT2D eigenvalue weighted by Gasteiger charge is 2.05. The van der Waals surface area contributed by atoms with E-state index in [1.807, 2.05) is 6.07 Å². The fourth-order valence-corrected chi connectivity index (χ4v) is 2.95. The molecule has 3 rings (SSSR count). The number of methoxy groups -OCH3 is 1. The van der Waals surface area contributed by atoms with Crippen LogP contribution in [-0.4, -0.2) is 7.11 Å². The van der Waals surface area contributed by atoms with Crippen LogP contribution in [0.3, 0.4) is 0 Å². The molecule has 0 amide bonds. The first-order chi connectivity index (χ1) is 11.3. The van der Waals surface area contributed by atoms with Gasteiger partial charge in [0.2, 0.25) is 0 Å². The largest absolute Gasteiger partial charge is 0.496 e. The summed E-state index contributed by atoms with van der Waals surface area (Å²) in [7, 11) is 1.73. The van der Waals surface area contributed by atoms with Crippen molar-refractivity contribution in [3.63, 3.8) is 0 Å². The lowest BCUT2D eigenvalue weighted by Gasteiger charge is -2.09. The maximum absolute atomic E-state index is 5.55. The highest BCUT2D eigenvalue weighted by atomic mass is 16.5. The molecule has 0 aliphatic heterocycles. The van der Waals surface area contributed by atoms with E-state index in [-0.39, 0.29) is 0 Å². The van der Waals surface area contributed by atoms with Gasteiger partial charge in [-0.15, -0.1) is 0 Å². The number of fused-ring (bicyclic) bond motifs is 1. The van der Waals surface area contributed by atoms with Crippen LogP contribution >= 0.6 is 0 Å². The topological polar surface area (TPSA) is 9.23 Å². The summed E-state index contributed by atoms with van der Waals surface area (Å²) in [4.78, 5) is 0. The Hall–Kier alpha value is -2.54. The second-order valence-electron chi connectivity index (χ2n) is 5.73. The van der Waals surface area contributed by atoms with Crippen molar-refractivity contribution >= 4 is 22.9 Å². The molecular weight excluding hydrogens is 280 g/mol. The molecule has 0 aromatic heterocycles. The van der Waals surface area contributed by atoms with Gasteiger partial charge in [-0.25, -0.2) is 0 Å². The lowest BCUT2D eigenvalue weighted by molar-refractivity contribution is 0.414. The molecule has 116 valence electrons. The van der Waals surface area contributed by atoms with Crippen LogP contribution < -0.4 is 4.74 Å². The van der Waals surface area contributed by atoms with Gasteiger partial charge in [0.1, 0.15) is 5.75 Å². The first-order valence-corrected chi connectivity index (χ1v) is 8.14. The van der Waals surface area contributed by atoms with Crippen molar-refractivity contribution in [3.05, 3.63) is 77.4 Å². The minimum atomic E-state index is 0.907. The molecule has 3 aromatic carbocycles. The van der Waals surface area contributed by atoms with Crippen LogP contribution in [0.1, 0.15) is 30.0 Å². The van der Waals surface area contributed by atoms with Gasteiger partial charge >= 0.3 is 0 Å². The van der Waals surface area contributed by atoms with Gasteiger partial charge in [0.05, 0.1) is 7.11 Å². The van der Waals surface area contributed by atoms with Crippen molar-refractivity contribution < 1.29 is 4.74 Å². The summed E-state index contributed by atoms with van der Waals surface area (Å²) in [6.45, 7) is 2.21. The third kappa shape index (κ3) is 3.45. The summed E-state index contributed by atoms with van der Waals surface area (Å²) in [5, 5.41) is 2.44. The molecule has 0 saturated carbocycles. The first-order valence-electron chi connectivity index (χ1n) is 8.14. The van der Waals surface area contributed by atoms with Crippen molar-refractivity contribution in [2.75, 3.05) is 7.11 Å². The smallest absolute Gasteiger partial charge is 0.126 e. The van der Waals surface area contributed by atoms with Crippen molar-refractivity contribution in [1.82, 2.24) is 0 Å². The minimum Gasteiger partial charge on any atom is -0.496 e. The molecule has 0 aliphatic rings. The molecule has 0 spiro atoms. The van der Waals surface area contributed by atoms with E-state index in [0.29, 0.717) is 0 Å². The van der Waals surface area contributed by atoms with Crippen molar-refractivity contribution in [2.24, 2.45) is 0 Å². The summed E-state index contributed by atoms with van der Waals surface area (Å²) in [5.41, 5.74) is 3.75. The average molecular weight is 302 g/mol. The van der Waals surface area contributed by atoms with E-state index < -0.39 is 0 Å². The second-order valence-corrected chi connectivity index (χ2v) is 5.73. The van der Waals surface area contributed by atoms with Crippen LogP contribution in [0.25, 0.3) is 22.9 Å². The van der Waals surface area contributed by atoms with E-state index in [1.165, 1.54) is 28.3 Å². The maximum Gasteiger partial charge on any atom is 0.126 e. The van der Waals surface area contributed by atoms with Crippen molar-refractivity contribution in [3.8, 4) is 5.75 Å². The van der Waals surface area contributed by atoms with Crippen LogP contribution in [0.2, 0.25) is 0 Å². The molecule has 0 bridgehead atoms. The molecule has 0 saturated heterocycles. The monoisotopic (exact) mass is 302 g/mol. The minimum absolute atomic E-state index is 0.907. The van der Waals surface area contributed by atoms with Gasteiger partial charge in [-0.3, -0.25) is 0 Å². The van der Waals surface area contributed by atoms with Gasteiger partial charge in [0.25, 0.3) is 0 Å². The van der Waals surface area contributed by atoms with Gasteiger partial charge < -0.3 is 4.74 Å². The van der Waals surface area contributed by atoms with Crippen LogP contribution in [0, 0.1) is 0 Å². The number of ether oxygens (including phenoxy) is 1. The molecule has 3 aromatic rings. The lowest BCUT2D eigenvalue weighted by atomic mass is 10.0. The maximum atomic E-state index is 5.55. The number of benzene rings is 3. The number of rotatable bonds is 5. The normalized spacial score (nSPS) is 11.2. The Kier molecular flexibility index (Phi) is 4.77. The SMILES string of the molecule is CCCc1cccc(C=Cc2c(OC)ccc3ccccc23)c1. The lowest BCUT2D eigenvalue weighted by Crippen LogP contribution is -1.88. The van der Waals surface area contributed by atoms with Gasteiger partial charge in [0.15, 0.2) is 0 Å². The molecule has 0 atom stereocenters. The van der Waals surface area contributed by atoms with Crippen molar-refractivity contribution in [2.45, 2.75) is 19.8 Å². The summed E-state index contributed by atoms with van der Waals surface area (Å²) < 4.78 is 5.55. The second kappa shape index (κ2) is 7.15. The quantitative estimate of drug-likeness (QED) is 0.527. The zero-order valence-electron chi connectivity index (χ0n) is 13.8. The molecule has 0 heterocycles. The molecule has 1 nitrogen and oxygen atoms in total. The van der Waals surface area contributed by atoms with E-state index in [2.05, 4.69) is 73.7 Å².